The molecule has 8 heteroatoms. The van der Waals surface area contributed by atoms with Gasteiger partial charge in [-0.25, -0.2) is 9.37 Å². The van der Waals surface area contributed by atoms with Crippen LogP contribution in [-0.2, 0) is 0 Å². The summed E-state index contributed by atoms with van der Waals surface area (Å²) in [5, 5.41) is 19.0. The van der Waals surface area contributed by atoms with Crippen LogP contribution < -0.4 is 4.74 Å². The first kappa shape index (κ1) is 18.3. The number of hydrogen-bond donors (Lipinski definition) is 1. The monoisotopic (exact) mass is 419 g/mol. The van der Waals surface area contributed by atoms with Crippen molar-refractivity contribution in [3.63, 3.8) is 0 Å². The summed E-state index contributed by atoms with van der Waals surface area (Å²) in [4.78, 5) is 18.5. The van der Waals surface area contributed by atoms with Crippen molar-refractivity contribution in [2.24, 2.45) is 0 Å². The highest BCUT2D eigenvalue weighted by molar-refractivity contribution is 9.10. The lowest BCUT2D eigenvalue weighted by atomic mass is 9.93. The molecule has 1 aromatic heterocycles. The van der Waals surface area contributed by atoms with Gasteiger partial charge in [0.05, 0.1) is 10.5 Å². The van der Waals surface area contributed by atoms with Gasteiger partial charge in [-0.3, -0.25) is 4.79 Å². The van der Waals surface area contributed by atoms with Gasteiger partial charge in [-0.2, -0.15) is 5.26 Å². The van der Waals surface area contributed by atoms with E-state index in [2.05, 4.69) is 20.9 Å². The van der Waals surface area contributed by atoms with Crippen LogP contribution in [0.15, 0.2) is 41.0 Å². The van der Waals surface area contributed by atoms with E-state index in [9.17, 15) is 14.3 Å². The Bertz CT molecular complexity index is 876. The molecule has 6 nitrogen and oxygen atoms in total. The van der Waals surface area contributed by atoms with Gasteiger partial charge in [0, 0.05) is 32.1 Å². The van der Waals surface area contributed by atoms with Crippen molar-refractivity contribution < 1.29 is 19.0 Å². The van der Waals surface area contributed by atoms with Crippen LogP contribution in [-0.4, -0.2) is 39.6 Å². The van der Waals surface area contributed by atoms with Crippen molar-refractivity contribution in [2.75, 3.05) is 13.1 Å². The van der Waals surface area contributed by atoms with Crippen LogP contribution in [0.2, 0.25) is 0 Å². The lowest BCUT2D eigenvalue weighted by Crippen LogP contribution is -2.46. The number of carbonyl (C=O) groups excluding carboxylic acids is 1. The van der Waals surface area contributed by atoms with Gasteiger partial charge < -0.3 is 14.7 Å². The van der Waals surface area contributed by atoms with E-state index in [0.717, 1.165) is 0 Å². The maximum atomic E-state index is 13.2. The van der Waals surface area contributed by atoms with E-state index in [-0.39, 0.29) is 43.3 Å². The number of rotatable bonds is 3. The first-order valence-corrected chi connectivity index (χ1v) is 8.72. The second kappa shape index (κ2) is 7.40. The average Bonchev–Trinajstić information content (AvgIpc) is 2.64. The number of aliphatic hydroxyl groups is 1. The normalized spacial score (nSPS) is 16.0. The molecule has 0 radical (unpaired) electrons. The summed E-state index contributed by atoms with van der Waals surface area (Å²) in [6, 6.07) is 9.04. The lowest BCUT2D eigenvalue weighted by molar-refractivity contribution is 0.0234. The number of piperidine rings is 1. The van der Waals surface area contributed by atoms with Gasteiger partial charge >= 0.3 is 0 Å². The summed E-state index contributed by atoms with van der Waals surface area (Å²) in [7, 11) is 0. The van der Waals surface area contributed by atoms with Crippen molar-refractivity contribution in [3.05, 3.63) is 52.4 Å². The molecule has 0 atom stereocenters. The fourth-order valence-electron chi connectivity index (χ4n) is 2.66. The third-order valence-electron chi connectivity index (χ3n) is 4.19. The molecule has 1 N–H and O–H groups in total. The van der Waals surface area contributed by atoms with E-state index in [4.69, 9.17) is 10.00 Å². The van der Waals surface area contributed by atoms with Gasteiger partial charge in [0.15, 0.2) is 5.60 Å². The molecule has 1 aliphatic rings. The van der Waals surface area contributed by atoms with Crippen LogP contribution in [0.4, 0.5) is 4.39 Å². The Hall–Kier alpha value is -2.50. The Labute approximate surface area is 158 Å². The molecule has 0 spiro atoms. The Balaban J connectivity index is 1.81. The van der Waals surface area contributed by atoms with E-state index in [1.165, 1.54) is 24.4 Å². The average molecular weight is 420 g/mol. The van der Waals surface area contributed by atoms with Gasteiger partial charge in [0.25, 0.3) is 5.91 Å². The minimum atomic E-state index is -1.38. The summed E-state index contributed by atoms with van der Waals surface area (Å²) >= 11 is 3.22. The number of amides is 1. The molecule has 1 aromatic carbocycles. The second-order valence-electron chi connectivity index (χ2n) is 5.97. The minimum absolute atomic E-state index is 0.103. The fourth-order valence-corrected chi connectivity index (χ4v) is 3.09. The third-order valence-corrected chi connectivity index (χ3v) is 4.81. The molecule has 3 rings (SSSR count). The number of nitrogens with zero attached hydrogens (tertiary/aromatic N) is 3. The minimum Gasteiger partial charge on any atom is -0.437 e. The summed E-state index contributed by atoms with van der Waals surface area (Å²) in [6.07, 6.45) is 1.87. The van der Waals surface area contributed by atoms with Crippen molar-refractivity contribution in [1.82, 2.24) is 9.88 Å². The summed E-state index contributed by atoms with van der Waals surface area (Å²) in [5.41, 5.74) is -1.13. The SMILES string of the molecule is N#CC1(O)CCN(C(=O)c2cccnc2Oc2ccc(F)cc2Br)CC1. The molecular weight excluding hydrogens is 405 g/mol. The summed E-state index contributed by atoms with van der Waals surface area (Å²) in [6.45, 7) is 0.523. The molecule has 0 saturated carbocycles. The van der Waals surface area contributed by atoms with Crippen LogP contribution in [0, 0.1) is 17.1 Å². The zero-order valence-corrected chi connectivity index (χ0v) is 15.2. The van der Waals surface area contributed by atoms with E-state index in [1.807, 2.05) is 6.07 Å². The highest BCUT2D eigenvalue weighted by Gasteiger charge is 2.34. The van der Waals surface area contributed by atoms with Crippen molar-refractivity contribution in [2.45, 2.75) is 18.4 Å². The number of benzene rings is 1. The van der Waals surface area contributed by atoms with E-state index < -0.39 is 11.4 Å². The summed E-state index contributed by atoms with van der Waals surface area (Å²) in [5.74, 6) is -0.284. The van der Waals surface area contributed by atoms with Crippen molar-refractivity contribution >= 4 is 21.8 Å². The van der Waals surface area contributed by atoms with Crippen LogP contribution >= 0.6 is 15.9 Å². The van der Waals surface area contributed by atoms with Gasteiger partial charge in [-0.15, -0.1) is 0 Å². The number of halogens is 2. The second-order valence-corrected chi connectivity index (χ2v) is 6.82. The first-order chi connectivity index (χ1) is 12.4. The van der Waals surface area contributed by atoms with Crippen LogP contribution in [0.3, 0.4) is 0 Å². The predicted octanol–water partition coefficient (Wildman–Crippen LogP) is 3.27. The predicted molar refractivity (Wildman–Crippen MR) is 94.1 cm³/mol. The van der Waals surface area contributed by atoms with Crippen molar-refractivity contribution in [1.29, 1.82) is 5.26 Å². The lowest BCUT2D eigenvalue weighted by Gasteiger charge is -2.34. The van der Waals surface area contributed by atoms with Gasteiger partial charge in [-0.05, 0) is 46.3 Å². The molecular formula is C18H15BrFN3O3. The molecule has 1 saturated heterocycles. The standard InChI is InChI=1S/C18H15BrFN3O3/c19-14-10-12(20)3-4-15(14)26-16-13(2-1-7-22-16)17(24)23-8-5-18(25,11-21)6-9-23/h1-4,7,10,25H,5-6,8-9H2. The number of aromatic nitrogens is 1. The van der Waals surface area contributed by atoms with E-state index in [1.54, 1.807) is 17.0 Å². The molecule has 1 aliphatic heterocycles. The first-order valence-electron chi connectivity index (χ1n) is 7.93. The molecule has 26 heavy (non-hydrogen) atoms. The Morgan fingerprint density at radius 1 is 1.38 bits per heavy atom. The summed E-state index contributed by atoms with van der Waals surface area (Å²) < 4.78 is 19.3. The van der Waals surface area contributed by atoms with Gasteiger partial charge in [-0.1, -0.05) is 0 Å². The van der Waals surface area contributed by atoms with E-state index in [0.29, 0.717) is 10.2 Å². The Morgan fingerprint density at radius 3 is 2.77 bits per heavy atom. The molecule has 2 heterocycles. The maximum absolute atomic E-state index is 13.2. The molecule has 0 bridgehead atoms. The highest BCUT2D eigenvalue weighted by Crippen LogP contribution is 2.32. The highest BCUT2D eigenvalue weighted by atomic mass is 79.9. The van der Waals surface area contributed by atoms with Gasteiger partial charge in [0.1, 0.15) is 17.1 Å². The molecule has 134 valence electrons. The molecule has 1 amide bonds. The third kappa shape index (κ3) is 3.84. The molecule has 1 fully saturated rings. The zero-order chi connectivity index (χ0) is 18.7. The topological polar surface area (TPSA) is 86.5 Å². The Morgan fingerprint density at radius 2 is 2.12 bits per heavy atom. The number of nitriles is 1. The fraction of sp³-hybridized carbons (Fsp3) is 0.278. The number of ether oxygens (including phenoxy) is 1. The molecule has 2 aromatic rings. The number of pyridine rings is 1. The van der Waals surface area contributed by atoms with Gasteiger partial charge in [0.2, 0.25) is 5.88 Å². The zero-order valence-electron chi connectivity index (χ0n) is 13.7. The Kier molecular flexibility index (Phi) is 5.20. The number of hydrogen-bond acceptors (Lipinski definition) is 5. The largest absolute Gasteiger partial charge is 0.437 e. The van der Waals surface area contributed by atoms with E-state index >= 15 is 0 Å². The maximum Gasteiger partial charge on any atom is 0.259 e. The van der Waals surface area contributed by atoms with Crippen LogP contribution in [0.25, 0.3) is 0 Å². The van der Waals surface area contributed by atoms with Crippen LogP contribution in [0.5, 0.6) is 11.6 Å². The number of likely N-dealkylation sites (tertiary alicyclic amines) is 1. The quantitative estimate of drug-likeness (QED) is 0.771. The van der Waals surface area contributed by atoms with Crippen LogP contribution in [0.1, 0.15) is 23.2 Å². The molecule has 0 aliphatic carbocycles. The smallest absolute Gasteiger partial charge is 0.259 e. The molecule has 0 unspecified atom stereocenters. The number of carbonyl (C=O) groups is 1. The van der Waals surface area contributed by atoms with Crippen molar-refractivity contribution in [3.8, 4) is 17.7 Å².